The van der Waals surface area contributed by atoms with E-state index in [0.717, 1.165) is 151 Å². The molecule has 0 bridgehead atoms. The van der Waals surface area contributed by atoms with Gasteiger partial charge < -0.3 is 48.0 Å². The molecule has 12 aromatic carbocycles. The monoisotopic (exact) mass is 1240 g/mol. The first-order valence-corrected chi connectivity index (χ1v) is 31.9. The summed E-state index contributed by atoms with van der Waals surface area (Å²) in [6.07, 6.45) is 5.70. The first-order chi connectivity index (χ1) is 46.2. The second-order valence-electron chi connectivity index (χ2n) is 23.5. The minimum absolute atomic E-state index is 0.153. The molecule has 0 amide bonds. The Kier molecular flexibility index (Phi) is 18.3. The molecular weight excluding hydrogens is 1160 g/mol. The van der Waals surface area contributed by atoms with Crippen LogP contribution in [0, 0.1) is 0 Å². The molecule has 0 aromatic heterocycles. The molecule has 0 unspecified atom stereocenters. The zero-order chi connectivity index (χ0) is 64.4. The third-order valence-electron chi connectivity index (χ3n) is 18.2. The topological polar surface area (TPSA) is 68.3 Å². The Morgan fingerprint density at radius 3 is 0.500 bits per heavy atom. The summed E-state index contributed by atoms with van der Waals surface area (Å²) in [5, 5.41) is 0. The number of methoxy groups -OCH3 is 6. The van der Waals surface area contributed by atoms with Crippen LogP contribution in [0.3, 0.4) is 0 Å². The van der Waals surface area contributed by atoms with Crippen LogP contribution in [0.2, 0.25) is 0 Å². The second-order valence-corrected chi connectivity index (χ2v) is 23.5. The van der Waals surface area contributed by atoms with Crippen LogP contribution in [0.25, 0.3) is 22.3 Å². The van der Waals surface area contributed by atoms with Crippen molar-refractivity contribution in [2.75, 3.05) is 62.3 Å². The molecule has 10 nitrogen and oxygen atoms in total. The van der Waals surface area contributed by atoms with Crippen molar-refractivity contribution in [3.05, 3.63) is 302 Å². The predicted molar refractivity (Wildman–Crippen MR) is 386 cm³/mol. The summed E-state index contributed by atoms with van der Waals surface area (Å²) in [4.78, 5) is 9.14. The molecule has 13 rings (SSSR count). The second kappa shape index (κ2) is 28.0. The number of hydrogen-bond acceptors (Lipinski definition) is 10. The van der Waals surface area contributed by atoms with Crippen molar-refractivity contribution in [2.24, 2.45) is 0 Å². The Labute approximate surface area is 552 Å². The molecule has 1 aliphatic carbocycles. The molecule has 10 heteroatoms. The first-order valence-electron chi connectivity index (χ1n) is 31.9. The fourth-order valence-electron chi connectivity index (χ4n) is 13.1. The van der Waals surface area contributed by atoms with Crippen molar-refractivity contribution in [1.29, 1.82) is 0 Å². The largest absolute Gasteiger partial charge is 0.497 e. The summed E-state index contributed by atoms with van der Waals surface area (Å²) in [5.41, 5.74) is 19.5. The maximum Gasteiger partial charge on any atom is 0.119 e. The Balaban J connectivity index is 0.770. The Morgan fingerprint density at radius 2 is 0.340 bits per heavy atom. The zero-order valence-electron chi connectivity index (χ0n) is 54.0. The van der Waals surface area contributed by atoms with Crippen molar-refractivity contribution < 1.29 is 28.4 Å². The van der Waals surface area contributed by atoms with Crippen molar-refractivity contribution in [3.8, 4) is 56.8 Å². The Hall–Kier alpha value is -11.4. The lowest BCUT2D eigenvalue weighted by Crippen LogP contribution is -2.30. The van der Waals surface area contributed by atoms with E-state index in [4.69, 9.17) is 28.4 Å². The van der Waals surface area contributed by atoms with E-state index < -0.39 is 0 Å². The van der Waals surface area contributed by atoms with E-state index in [1.165, 1.54) is 17.5 Å². The van der Waals surface area contributed by atoms with Gasteiger partial charge >= 0.3 is 0 Å². The standard InChI is InChI=1S/C84H76N4O6/c1-89-78-46-34-72(35-47-78)85(66-22-10-60(11-23-66)62-14-26-68(27-15-62)87(74-38-50-80(91-3)51-39-74)75-40-52-81(92-4)53-41-75)70-30-18-64(19-31-70)84(58-8-7-9-59-84)65-20-32-71(33-21-65)86(73-36-48-79(90-2)49-37-73)67-24-12-61(13-25-67)63-16-28-69(29-17-63)88(76-42-54-82(93-5)55-43-76)77-44-56-83(94-6)57-45-77/h10-57H,7-9,58-59H2,1-6H3. The highest BCUT2D eigenvalue weighted by Crippen LogP contribution is 2.48. The summed E-state index contributed by atoms with van der Waals surface area (Å²) < 4.78 is 33.3. The van der Waals surface area contributed by atoms with E-state index in [-0.39, 0.29) is 5.41 Å². The number of anilines is 12. The summed E-state index contributed by atoms with van der Waals surface area (Å²) in [5.74, 6) is 4.85. The van der Waals surface area contributed by atoms with E-state index in [1.807, 2.05) is 72.8 Å². The molecule has 1 aliphatic rings. The lowest BCUT2D eigenvalue weighted by atomic mass is 9.65. The fourth-order valence-corrected chi connectivity index (χ4v) is 13.1. The number of ether oxygens (including phenoxy) is 6. The third-order valence-corrected chi connectivity index (χ3v) is 18.2. The van der Waals surface area contributed by atoms with Crippen LogP contribution in [0.5, 0.6) is 34.5 Å². The molecule has 0 saturated heterocycles. The molecular formula is C84H76N4O6. The fraction of sp³-hybridized carbons (Fsp3) is 0.143. The molecule has 0 aliphatic heterocycles. The molecule has 468 valence electrons. The molecule has 0 heterocycles. The van der Waals surface area contributed by atoms with Crippen LogP contribution >= 0.6 is 0 Å². The van der Waals surface area contributed by atoms with Crippen LogP contribution in [-0.2, 0) is 5.41 Å². The van der Waals surface area contributed by atoms with Gasteiger partial charge in [-0.25, -0.2) is 0 Å². The minimum Gasteiger partial charge on any atom is -0.497 e. The molecule has 94 heavy (non-hydrogen) atoms. The maximum absolute atomic E-state index is 5.64. The molecule has 1 fully saturated rings. The zero-order valence-corrected chi connectivity index (χ0v) is 54.0. The first kappa shape index (κ1) is 61.5. The number of nitrogens with zero attached hydrogens (tertiary/aromatic N) is 4. The molecule has 0 atom stereocenters. The predicted octanol–water partition coefficient (Wildman–Crippen LogP) is 22.2. The van der Waals surface area contributed by atoms with E-state index in [1.54, 1.807) is 42.7 Å². The lowest BCUT2D eigenvalue weighted by molar-refractivity contribution is 0.346. The van der Waals surface area contributed by atoms with Crippen molar-refractivity contribution in [1.82, 2.24) is 0 Å². The average Bonchev–Trinajstić information content (AvgIpc) is 0.794. The molecule has 0 spiro atoms. The van der Waals surface area contributed by atoms with Gasteiger partial charge in [-0.15, -0.1) is 0 Å². The van der Waals surface area contributed by atoms with Crippen LogP contribution < -0.4 is 48.0 Å². The highest BCUT2D eigenvalue weighted by molar-refractivity contribution is 5.84. The highest BCUT2D eigenvalue weighted by atomic mass is 16.5. The van der Waals surface area contributed by atoms with Gasteiger partial charge in [0.2, 0.25) is 0 Å². The highest BCUT2D eigenvalue weighted by Gasteiger charge is 2.36. The van der Waals surface area contributed by atoms with Crippen LogP contribution in [0.4, 0.5) is 68.2 Å². The van der Waals surface area contributed by atoms with Crippen molar-refractivity contribution >= 4 is 68.2 Å². The lowest BCUT2D eigenvalue weighted by Gasteiger charge is -2.39. The summed E-state index contributed by atoms with van der Waals surface area (Å²) in [7, 11) is 10.2. The van der Waals surface area contributed by atoms with Crippen molar-refractivity contribution in [3.63, 3.8) is 0 Å². The van der Waals surface area contributed by atoms with E-state index in [0.29, 0.717) is 0 Å². The molecule has 0 N–H and O–H groups in total. The maximum atomic E-state index is 5.64. The van der Waals surface area contributed by atoms with E-state index in [9.17, 15) is 0 Å². The van der Waals surface area contributed by atoms with Gasteiger partial charge in [-0.05, 0) is 265 Å². The number of benzene rings is 12. The minimum atomic E-state index is -0.153. The van der Waals surface area contributed by atoms with E-state index >= 15 is 0 Å². The van der Waals surface area contributed by atoms with Gasteiger partial charge in [-0.3, -0.25) is 0 Å². The van der Waals surface area contributed by atoms with Gasteiger partial charge in [0.15, 0.2) is 0 Å². The van der Waals surface area contributed by atoms with Gasteiger partial charge in [0.05, 0.1) is 42.7 Å². The van der Waals surface area contributed by atoms with Crippen LogP contribution in [-0.4, -0.2) is 42.7 Å². The Bertz CT molecular complexity index is 4010. The summed E-state index contributed by atoms with van der Waals surface area (Å²) in [6, 6.07) is 103. The van der Waals surface area contributed by atoms with Crippen molar-refractivity contribution in [2.45, 2.75) is 37.5 Å². The molecule has 12 aromatic rings. The number of hydrogen-bond donors (Lipinski definition) is 0. The SMILES string of the molecule is COc1ccc(N(c2ccc(OC)cc2)c2ccc(-c3ccc(N(c4ccc(OC)cc4)c4ccc(C5(c6ccc(N(c7ccc(OC)cc7)c7ccc(-c8ccc(N(c9ccc(OC)cc9)c9ccc(OC)cc9)cc8)cc7)cc6)CCCCC5)cc4)cc3)cc2)cc1. The third kappa shape index (κ3) is 13.0. The summed E-state index contributed by atoms with van der Waals surface area (Å²) >= 11 is 0. The molecule has 0 radical (unpaired) electrons. The average molecular weight is 1240 g/mol. The van der Waals surface area contributed by atoms with Gasteiger partial charge in [0, 0.05) is 73.7 Å². The summed E-state index contributed by atoms with van der Waals surface area (Å²) in [6.45, 7) is 0. The van der Waals surface area contributed by atoms with Gasteiger partial charge in [-0.2, -0.15) is 0 Å². The van der Waals surface area contributed by atoms with Crippen LogP contribution in [0.15, 0.2) is 291 Å². The van der Waals surface area contributed by atoms with Gasteiger partial charge in [0.25, 0.3) is 0 Å². The van der Waals surface area contributed by atoms with E-state index in [2.05, 4.69) is 238 Å². The van der Waals surface area contributed by atoms with Gasteiger partial charge in [0.1, 0.15) is 34.5 Å². The van der Waals surface area contributed by atoms with Gasteiger partial charge in [-0.1, -0.05) is 92.1 Å². The van der Waals surface area contributed by atoms with Crippen LogP contribution in [0.1, 0.15) is 43.2 Å². The number of rotatable bonds is 22. The normalized spacial score (nSPS) is 12.4. The Morgan fingerprint density at radius 1 is 0.191 bits per heavy atom. The smallest absolute Gasteiger partial charge is 0.119 e. The quantitative estimate of drug-likeness (QED) is 0.0655. The molecule has 1 saturated carbocycles.